The first-order valence-corrected chi connectivity index (χ1v) is 7.65. The normalized spacial score (nSPS) is 11.5. The number of carbonyl (C=O) groups is 1. The summed E-state index contributed by atoms with van der Waals surface area (Å²) in [6.07, 6.45) is 0. The van der Waals surface area contributed by atoms with E-state index in [1.165, 1.54) is 11.3 Å². The Morgan fingerprint density at radius 1 is 1.42 bits per heavy atom. The van der Waals surface area contributed by atoms with Crippen LogP contribution in [-0.4, -0.2) is 11.1 Å². The van der Waals surface area contributed by atoms with Crippen LogP contribution in [0.3, 0.4) is 0 Å². The largest absolute Gasteiger partial charge is 0.487 e. The maximum atomic E-state index is 11.3. The van der Waals surface area contributed by atoms with Crippen molar-refractivity contribution in [1.82, 2.24) is 0 Å². The van der Waals surface area contributed by atoms with Gasteiger partial charge < -0.3 is 9.84 Å². The van der Waals surface area contributed by atoms with E-state index >= 15 is 0 Å². The molecule has 0 aliphatic heterocycles. The van der Waals surface area contributed by atoms with E-state index in [2.05, 4.69) is 20.8 Å². The molecule has 0 radical (unpaired) electrons. The summed E-state index contributed by atoms with van der Waals surface area (Å²) in [7, 11) is 0. The molecule has 0 aromatic carbocycles. The van der Waals surface area contributed by atoms with Crippen LogP contribution in [0.4, 0.5) is 0 Å². The average Bonchev–Trinajstić information content (AvgIpc) is 2.94. The molecule has 2 heterocycles. The molecule has 0 bridgehead atoms. The van der Waals surface area contributed by atoms with Crippen LogP contribution in [-0.2, 0) is 12.0 Å². The molecule has 0 unspecified atom stereocenters. The summed E-state index contributed by atoms with van der Waals surface area (Å²) in [6, 6.07) is 3.82. The molecule has 5 heteroatoms. The smallest absolute Gasteiger partial charge is 0.349 e. The summed E-state index contributed by atoms with van der Waals surface area (Å²) in [4.78, 5) is 12.6. The Bertz CT molecular complexity index is 562. The second kappa shape index (κ2) is 5.35. The minimum absolute atomic E-state index is 0.0706. The van der Waals surface area contributed by atoms with E-state index in [9.17, 15) is 9.90 Å². The molecule has 2 aromatic rings. The molecule has 0 aliphatic carbocycles. The van der Waals surface area contributed by atoms with Crippen molar-refractivity contribution in [2.24, 2.45) is 0 Å². The molecule has 0 atom stereocenters. The molecule has 102 valence electrons. The zero-order chi connectivity index (χ0) is 14.0. The number of carboxylic acids is 1. The average molecular weight is 296 g/mol. The lowest BCUT2D eigenvalue weighted by Crippen LogP contribution is -2.08. The van der Waals surface area contributed by atoms with E-state index in [1.807, 2.05) is 22.9 Å². The van der Waals surface area contributed by atoms with Crippen LogP contribution in [0.2, 0.25) is 0 Å². The third kappa shape index (κ3) is 3.36. The highest BCUT2D eigenvalue weighted by Gasteiger charge is 2.23. The molecule has 1 N–H and O–H groups in total. The number of hydrogen-bond acceptors (Lipinski definition) is 4. The van der Waals surface area contributed by atoms with Gasteiger partial charge >= 0.3 is 5.97 Å². The van der Waals surface area contributed by atoms with Crippen LogP contribution >= 0.6 is 22.7 Å². The van der Waals surface area contributed by atoms with Gasteiger partial charge in [0.25, 0.3) is 0 Å². The van der Waals surface area contributed by atoms with Gasteiger partial charge in [0.15, 0.2) is 4.88 Å². The summed E-state index contributed by atoms with van der Waals surface area (Å²) in [5, 5.41) is 13.2. The molecule has 0 amide bonds. The van der Waals surface area contributed by atoms with Gasteiger partial charge in [-0.3, -0.25) is 0 Å². The van der Waals surface area contributed by atoms with Crippen molar-refractivity contribution in [1.29, 1.82) is 0 Å². The van der Waals surface area contributed by atoms with Gasteiger partial charge in [-0.2, -0.15) is 11.3 Å². The molecule has 0 aliphatic rings. The highest BCUT2D eigenvalue weighted by molar-refractivity contribution is 7.14. The number of hydrogen-bond donors (Lipinski definition) is 1. The quantitative estimate of drug-likeness (QED) is 0.910. The number of aromatic carboxylic acids is 1. The molecule has 0 saturated carbocycles. The molecule has 0 saturated heterocycles. The third-order valence-corrected chi connectivity index (χ3v) is 4.87. The molecule has 0 fully saturated rings. The Labute approximate surface area is 120 Å². The van der Waals surface area contributed by atoms with Gasteiger partial charge in [-0.25, -0.2) is 4.79 Å². The minimum Gasteiger partial charge on any atom is -0.487 e. The lowest BCUT2D eigenvalue weighted by atomic mass is 9.95. The predicted octanol–water partition coefficient (Wildman–Crippen LogP) is 4.38. The van der Waals surface area contributed by atoms with Crippen LogP contribution in [0.5, 0.6) is 5.75 Å². The van der Waals surface area contributed by atoms with Crippen molar-refractivity contribution in [3.05, 3.63) is 38.2 Å². The van der Waals surface area contributed by atoms with Crippen molar-refractivity contribution in [2.45, 2.75) is 32.8 Å². The van der Waals surface area contributed by atoms with Crippen molar-refractivity contribution >= 4 is 28.6 Å². The Balaban J connectivity index is 2.23. The molecular formula is C14H16O3S2. The van der Waals surface area contributed by atoms with Gasteiger partial charge in [-0.15, -0.1) is 11.3 Å². The van der Waals surface area contributed by atoms with Crippen LogP contribution in [0, 0.1) is 0 Å². The fraction of sp³-hybridized carbons (Fsp3) is 0.357. The summed E-state index contributed by atoms with van der Waals surface area (Å²) in [6.45, 7) is 6.59. The fourth-order valence-electron chi connectivity index (χ4n) is 1.54. The lowest BCUT2D eigenvalue weighted by molar-refractivity contribution is 0.0697. The summed E-state index contributed by atoms with van der Waals surface area (Å²) in [5.74, 6) is -0.463. The Kier molecular flexibility index (Phi) is 3.96. The number of carboxylic acid groups (broad SMARTS) is 1. The second-order valence-electron chi connectivity index (χ2n) is 5.28. The van der Waals surface area contributed by atoms with Crippen LogP contribution < -0.4 is 4.74 Å². The fourth-order valence-corrected chi connectivity index (χ4v) is 3.19. The molecule has 0 spiro atoms. The molecule has 2 aromatic heterocycles. The second-order valence-corrected chi connectivity index (χ2v) is 7.11. The zero-order valence-electron chi connectivity index (χ0n) is 11.1. The molecule has 2 rings (SSSR count). The highest BCUT2D eigenvalue weighted by Crippen LogP contribution is 2.37. The Morgan fingerprint density at radius 2 is 2.16 bits per heavy atom. The lowest BCUT2D eigenvalue weighted by Gasteiger charge is -2.14. The number of thiophene rings is 2. The van der Waals surface area contributed by atoms with E-state index in [0.29, 0.717) is 12.4 Å². The molecular weight excluding hydrogens is 280 g/mol. The third-order valence-electron chi connectivity index (χ3n) is 2.61. The monoisotopic (exact) mass is 296 g/mol. The van der Waals surface area contributed by atoms with Gasteiger partial charge in [-0.05, 0) is 33.9 Å². The Hall–Kier alpha value is -1.33. The summed E-state index contributed by atoms with van der Waals surface area (Å²) >= 11 is 2.89. The SMILES string of the molecule is CC(C)(C)c1cc(OCc2ccsc2)c(C(=O)O)s1. The summed E-state index contributed by atoms with van der Waals surface area (Å²) in [5.41, 5.74) is 0.989. The standard InChI is InChI=1S/C14H16O3S2/c1-14(2,3)11-6-10(12(19-11)13(15)16)17-7-9-4-5-18-8-9/h4-6,8H,7H2,1-3H3,(H,15,16). The van der Waals surface area contributed by atoms with E-state index < -0.39 is 5.97 Å². The Morgan fingerprint density at radius 3 is 2.68 bits per heavy atom. The highest BCUT2D eigenvalue weighted by atomic mass is 32.1. The van der Waals surface area contributed by atoms with Crippen molar-refractivity contribution in [2.75, 3.05) is 0 Å². The van der Waals surface area contributed by atoms with Crippen LogP contribution in [0.1, 0.15) is 40.9 Å². The molecule has 19 heavy (non-hydrogen) atoms. The van der Waals surface area contributed by atoms with Crippen LogP contribution in [0.15, 0.2) is 22.9 Å². The van der Waals surface area contributed by atoms with E-state index in [0.717, 1.165) is 10.4 Å². The van der Waals surface area contributed by atoms with E-state index in [-0.39, 0.29) is 10.3 Å². The minimum atomic E-state index is -0.930. The zero-order valence-corrected chi connectivity index (χ0v) is 12.7. The first-order chi connectivity index (χ1) is 8.88. The maximum absolute atomic E-state index is 11.3. The van der Waals surface area contributed by atoms with Gasteiger partial charge in [-0.1, -0.05) is 20.8 Å². The molecule has 3 nitrogen and oxygen atoms in total. The van der Waals surface area contributed by atoms with Crippen LogP contribution in [0.25, 0.3) is 0 Å². The number of ether oxygens (including phenoxy) is 1. The van der Waals surface area contributed by atoms with Gasteiger partial charge in [0.1, 0.15) is 12.4 Å². The van der Waals surface area contributed by atoms with Gasteiger partial charge in [0, 0.05) is 4.88 Å². The topological polar surface area (TPSA) is 46.5 Å². The first-order valence-electron chi connectivity index (χ1n) is 5.89. The van der Waals surface area contributed by atoms with E-state index in [4.69, 9.17) is 4.74 Å². The van der Waals surface area contributed by atoms with Crippen molar-refractivity contribution in [3.63, 3.8) is 0 Å². The predicted molar refractivity (Wildman–Crippen MR) is 78.6 cm³/mol. The summed E-state index contributed by atoms with van der Waals surface area (Å²) < 4.78 is 5.65. The first kappa shape index (κ1) is 14.1. The van der Waals surface area contributed by atoms with Gasteiger partial charge in [0.2, 0.25) is 0 Å². The van der Waals surface area contributed by atoms with Crippen molar-refractivity contribution in [3.8, 4) is 5.75 Å². The number of rotatable bonds is 4. The maximum Gasteiger partial charge on any atom is 0.349 e. The van der Waals surface area contributed by atoms with E-state index in [1.54, 1.807) is 11.3 Å². The van der Waals surface area contributed by atoms with Crippen molar-refractivity contribution < 1.29 is 14.6 Å². The van der Waals surface area contributed by atoms with Gasteiger partial charge in [0.05, 0.1) is 0 Å².